The van der Waals surface area contributed by atoms with Crippen molar-refractivity contribution in [3.8, 4) is 11.8 Å². The van der Waals surface area contributed by atoms with Gasteiger partial charge < -0.3 is 14.8 Å². The van der Waals surface area contributed by atoms with Gasteiger partial charge in [-0.2, -0.15) is 0 Å². The summed E-state index contributed by atoms with van der Waals surface area (Å²) >= 11 is 5.79. The maximum absolute atomic E-state index is 14.4. The maximum atomic E-state index is 14.4. The van der Waals surface area contributed by atoms with E-state index in [0.717, 1.165) is 4.90 Å². The van der Waals surface area contributed by atoms with E-state index in [1.807, 2.05) is 4.72 Å². The summed E-state index contributed by atoms with van der Waals surface area (Å²) in [6.45, 7) is 1.88. The van der Waals surface area contributed by atoms with Crippen molar-refractivity contribution in [1.82, 2.24) is 19.5 Å². The molecule has 1 saturated heterocycles. The summed E-state index contributed by atoms with van der Waals surface area (Å²) in [5.74, 6) is 1.23. The van der Waals surface area contributed by atoms with E-state index in [-0.39, 0.29) is 53.7 Å². The molecule has 226 valence electrons. The summed E-state index contributed by atoms with van der Waals surface area (Å²) < 4.78 is 55.1. The molecule has 2 atom stereocenters. The molecule has 0 spiro atoms. The highest BCUT2D eigenvalue weighted by Crippen LogP contribution is 2.26. The molecule has 14 heteroatoms. The number of likely N-dealkylation sites (tertiary alicyclic amines) is 1. The number of ketones is 1. The first-order valence-corrected chi connectivity index (χ1v) is 15.2. The van der Waals surface area contributed by atoms with Gasteiger partial charge >= 0.3 is 5.91 Å². The van der Waals surface area contributed by atoms with Crippen molar-refractivity contribution in [3.63, 3.8) is 0 Å². The molecule has 43 heavy (non-hydrogen) atoms. The molecule has 0 radical (unpaired) electrons. The van der Waals surface area contributed by atoms with Gasteiger partial charge in [0.1, 0.15) is 24.6 Å². The monoisotopic (exact) mass is 632 g/mol. The van der Waals surface area contributed by atoms with Crippen molar-refractivity contribution >= 4 is 56.0 Å². The van der Waals surface area contributed by atoms with E-state index >= 15 is 0 Å². The second-order valence-corrected chi connectivity index (χ2v) is 12.3. The van der Waals surface area contributed by atoms with Crippen LogP contribution in [0.2, 0.25) is 5.02 Å². The first kappa shape index (κ1) is 31.7. The van der Waals surface area contributed by atoms with E-state index in [4.69, 9.17) is 11.6 Å². The molecule has 10 nitrogen and oxygen atoms in total. The zero-order chi connectivity index (χ0) is 31.5. The van der Waals surface area contributed by atoms with E-state index in [1.54, 1.807) is 6.07 Å². The van der Waals surface area contributed by atoms with Gasteiger partial charge in [-0.1, -0.05) is 29.7 Å². The van der Waals surface area contributed by atoms with E-state index < -0.39 is 45.8 Å². The minimum atomic E-state index is -3.78. The number of nitrogens with one attached hydrogen (secondary N) is 2. The van der Waals surface area contributed by atoms with Crippen molar-refractivity contribution in [1.29, 1.82) is 0 Å². The second kappa shape index (κ2) is 12.9. The molecule has 3 amide bonds. The first-order chi connectivity index (χ1) is 20.3. The molecule has 0 bridgehead atoms. The molecule has 0 aliphatic carbocycles. The summed E-state index contributed by atoms with van der Waals surface area (Å²) in [5.41, 5.74) is 1.18. The van der Waals surface area contributed by atoms with Crippen LogP contribution in [-0.4, -0.2) is 65.9 Å². The number of Topliss-reactive ketones (excluding diaryl/α,β-unsaturated/α-hetero) is 1. The number of alkyl halides is 1. The quantitative estimate of drug-likeness (QED) is 0.290. The van der Waals surface area contributed by atoms with E-state index in [1.165, 1.54) is 54.9 Å². The average molecular weight is 633 g/mol. The summed E-state index contributed by atoms with van der Waals surface area (Å²) in [5, 5.41) is 2.86. The van der Waals surface area contributed by atoms with E-state index in [2.05, 4.69) is 17.2 Å². The number of rotatable bonds is 8. The molecule has 3 aromatic rings. The topological polar surface area (TPSA) is 135 Å². The molecule has 2 heterocycles. The largest absolute Gasteiger partial charge is 0.350 e. The maximum Gasteiger partial charge on any atom is 0.309 e. The van der Waals surface area contributed by atoms with Crippen molar-refractivity contribution in [2.75, 3.05) is 12.3 Å². The summed E-state index contributed by atoms with van der Waals surface area (Å²) in [4.78, 5) is 51.6. The Kier molecular flexibility index (Phi) is 9.52. The van der Waals surface area contributed by atoms with Gasteiger partial charge in [0.2, 0.25) is 21.8 Å². The first-order valence-electron chi connectivity index (χ1n) is 13.1. The smallest absolute Gasteiger partial charge is 0.309 e. The lowest BCUT2D eigenvalue weighted by Crippen LogP contribution is -2.46. The average Bonchev–Trinajstić information content (AvgIpc) is 3.53. The third-order valence-electron chi connectivity index (χ3n) is 6.87. The summed E-state index contributed by atoms with van der Waals surface area (Å²) in [7, 11) is -3.78. The minimum absolute atomic E-state index is 0.107. The minimum Gasteiger partial charge on any atom is -0.350 e. The number of halogens is 3. The number of benzene rings is 2. The highest BCUT2D eigenvalue weighted by atomic mass is 35.5. The highest BCUT2D eigenvalue weighted by molar-refractivity contribution is 7.90. The number of carbonyl (C=O) groups is 4. The standard InChI is InChI=1S/C29H27ClF2N4O6S/c1-3-43(41,42)34-26(38)10-8-18-7-9-24-21(11-18)22(17(2)37)15-35(24)16-27(39)36-14-20(31)12-25(36)29(40)33-13-19-5-4-6-23(30)28(19)32/h4-7,9,11,15,20,25H,3,12-14,16H2,1-2H3,(H,33,40)(H,34,38). The molecule has 2 N–H and O–H groups in total. The Bertz CT molecular complexity index is 1800. The van der Waals surface area contributed by atoms with Crippen LogP contribution in [0.15, 0.2) is 42.6 Å². The van der Waals surface area contributed by atoms with Gasteiger partial charge in [0.05, 0.1) is 17.3 Å². The van der Waals surface area contributed by atoms with Crippen molar-refractivity contribution in [2.24, 2.45) is 0 Å². The molecule has 1 aliphatic heterocycles. The van der Waals surface area contributed by atoms with Crippen LogP contribution in [0.3, 0.4) is 0 Å². The third kappa shape index (κ3) is 7.39. The summed E-state index contributed by atoms with van der Waals surface area (Å²) in [6.07, 6.45) is -0.208. The van der Waals surface area contributed by atoms with E-state index in [9.17, 15) is 36.4 Å². The zero-order valence-electron chi connectivity index (χ0n) is 23.1. The van der Waals surface area contributed by atoms with Crippen molar-refractivity contribution in [2.45, 2.75) is 45.6 Å². The van der Waals surface area contributed by atoms with Crippen molar-refractivity contribution in [3.05, 3.63) is 70.1 Å². The van der Waals surface area contributed by atoms with Gasteiger partial charge in [0.15, 0.2) is 5.78 Å². The van der Waals surface area contributed by atoms with Crippen molar-refractivity contribution < 1.29 is 36.4 Å². The Morgan fingerprint density at radius 1 is 1.16 bits per heavy atom. The van der Waals surface area contributed by atoms with Gasteiger partial charge in [-0.05, 0) is 38.1 Å². The number of sulfonamides is 1. The van der Waals surface area contributed by atoms with Crippen LogP contribution in [0.1, 0.15) is 41.8 Å². The molecule has 2 unspecified atom stereocenters. The number of hydrogen-bond donors (Lipinski definition) is 2. The molecular formula is C29H27ClF2N4O6S. The Balaban J connectivity index is 1.53. The molecule has 0 saturated carbocycles. The SMILES string of the molecule is CCS(=O)(=O)NC(=O)C#Cc1ccc2c(c1)c(C(C)=O)cn2CC(=O)N1CC(F)CC1C(=O)NCc1cccc(Cl)c1F. The van der Waals surface area contributed by atoms with Gasteiger partial charge in [0, 0.05) is 52.7 Å². The fourth-order valence-corrected chi connectivity index (χ4v) is 5.36. The van der Waals surface area contributed by atoms with E-state index in [0.29, 0.717) is 16.5 Å². The van der Waals surface area contributed by atoms with Crippen LogP contribution >= 0.6 is 11.6 Å². The van der Waals surface area contributed by atoms with Crippen LogP contribution in [0.4, 0.5) is 8.78 Å². The lowest BCUT2D eigenvalue weighted by Gasteiger charge is -2.24. The number of aromatic nitrogens is 1. The van der Waals surface area contributed by atoms with Crippen LogP contribution < -0.4 is 10.0 Å². The van der Waals surface area contributed by atoms with Gasteiger partial charge in [-0.25, -0.2) is 21.9 Å². The fraction of sp³-hybridized carbons (Fsp3) is 0.310. The number of nitrogens with zero attached hydrogens (tertiary/aromatic N) is 2. The molecular weight excluding hydrogens is 606 g/mol. The molecule has 4 rings (SSSR count). The fourth-order valence-electron chi connectivity index (χ4n) is 4.68. The lowest BCUT2D eigenvalue weighted by atomic mass is 10.1. The zero-order valence-corrected chi connectivity index (χ0v) is 24.7. The van der Waals surface area contributed by atoms with Crippen LogP contribution in [0.5, 0.6) is 0 Å². The van der Waals surface area contributed by atoms with Gasteiger partial charge in [0.25, 0.3) is 0 Å². The number of amides is 3. The predicted octanol–water partition coefficient (Wildman–Crippen LogP) is 2.71. The third-order valence-corrected chi connectivity index (χ3v) is 8.42. The number of hydrogen-bond acceptors (Lipinski definition) is 6. The number of fused-ring (bicyclic) bond motifs is 1. The summed E-state index contributed by atoms with van der Waals surface area (Å²) in [6, 6.07) is 7.85. The molecule has 1 fully saturated rings. The van der Waals surface area contributed by atoms with Crippen LogP contribution in [-0.2, 0) is 37.5 Å². The van der Waals surface area contributed by atoms with Crippen LogP contribution in [0, 0.1) is 17.7 Å². The Morgan fingerprint density at radius 3 is 2.60 bits per heavy atom. The highest BCUT2D eigenvalue weighted by Gasteiger charge is 2.39. The second-order valence-electron chi connectivity index (χ2n) is 9.87. The Labute approximate surface area is 251 Å². The molecule has 1 aliphatic rings. The Morgan fingerprint density at radius 2 is 1.91 bits per heavy atom. The molecule has 2 aromatic carbocycles. The van der Waals surface area contributed by atoms with Gasteiger partial charge in [-0.3, -0.25) is 19.2 Å². The normalized spacial score (nSPS) is 16.4. The Hall–Kier alpha value is -4.28. The van der Waals surface area contributed by atoms with Gasteiger partial charge in [-0.15, -0.1) is 0 Å². The molecule has 1 aromatic heterocycles. The number of carbonyl (C=O) groups excluding carboxylic acids is 4. The van der Waals surface area contributed by atoms with Crippen LogP contribution in [0.25, 0.3) is 10.9 Å². The lowest BCUT2D eigenvalue weighted by molar-refractivity contribution is -0.139. The predicted molar refractivity (Wildman–Crippen MR) is 155 cm³/mol.